The van der Waals surface area contributed by atoms with Crippen molar-refractivity contribution < 1.29 is 9.59 Å². The van der Waals surface area contributed by atoms with Crippen molar-refractivity contribution in [3.63, 3.8) is 0 Å². The Morgan fingerprint density at radius 3 is 2.29 bits per heavy atom. The van der Waals surface area contributed by atoms with Crippen molar-refractivity contribution in [3.8, 4) is 0 Å². The quantitative estimate of drug-likeness (QED) is 0.308. The minimum Gasteiger partial charge on any atom is -0.308 e. The summed E-state index contributed by atoms with van der Waals surface area (Å²) in [6, 6.07) is 7.79. The molecule has 150 valence electrons. The van der Waals surface area contributed by atoms with Crippen LogP contribution in [-0.4, -0.2) is 34.1 Å². The minimum absolute atomic E-state index is 0.0623. The van der Waals surface area contributed by atoms with Gasteiger partial charge in [0.15, 0.2) is 0 Å². The Balaban J connectivity index is 1.86. The number of nitrogens with zero attached hydrogens (tertiary/aromatic N) is 2. The Bertz CT molecular complexity index is 803. The molecule has 0 spiro atoms. The van der Waals surface area contributed by atoms with Gasteiger partial charge in [-0.2, -0.15) is 0 Å². The molecule has 28 heavy (non-hydrogen) atoms. The molecule has 0 saturated carbocycles. The highest BCUT2D eigenvalue weighted by Crippen LogP contribution is 2.44. The minimum atomic E-state index is -0.119. The van der Waals surface area contributed by atoms with Crippen LogP contribution in [0.2, 0.25) is 0 Å². The molecule has 0 atom stereocenters. The summed E-state index contributed by atoms with van der Waals surface area (Å²) in [6.45, 7) is 5.60. The standard InChI is InChI=1S/C22H28N2O2S2/c1-3-5-7-8-11-15-23-17-13-10-9-12-16(17)18(20(23)25)19-21(26)24(14-6-4-2)22(27)28-19/h9-10,12-13H,3-8,11,14-15H2,1-2H3/b19-18-. The van der Waals surface area contributed by atoms with Crippen LogP contribution < -0.4 is 4.90 Å². The molecule has 6 heteroatoms. The number of unbranched alkanes of at least 4 members (excludes halogenated alkanes) is 5. The Hall–Kier alpha value is -1.66. The molecule has 2 amide bonds. The molecule has 0 aliphatic carbocycles. The number of fused-ring (bicyclic) bond motifs is 1. The highest BCUT2D eigenvalue weighted by Gasteiger charge is 2.41. The number of amides is 2. The molecule has 0 N–H and O–H groups in total. The zero-order valence-electron chi connectivity index (χ0n) is 16.7. The van der Waals surface area contributed by atoms with Gasteiger partial charge in [0.2, 0.25) is 0 Å². The molecule has 2 aliphatic rings. The van der Waals surface area contributed by atoms with Crippen molar-refractivity contribution in [2.45, 2.75) is 58.8 Å². The summed E-state index contributed by atoms with van der Waals surface area (Å²) in [5.41, 5.74) is 2.30. The van der Waals surface area contributed by atoms with E-state index in [1.165, 1.54) is 31.0 Å². The van der Waals surface area contributed by atoms with E-state index >= 15 is 0 Å². The fourth-order valence-corrected chi connectivity index (χ4v) is 5.03. The number of benzene rings is 1. The summed E-state index contributed by atoms with van der Waals surface area (Å²) in [7, 11) is 0. The van der Waals surface area contributed by atoms with Crippen molar-refractivity contribution in [2.24, 2.45) is 0 Å². The van der Waals surface area contributed by atoms with Gasteiger partial charge in [-0.25, -0.2) is 0 Å². The molecule has 4 nitrogen and oxygen atoms in total. The molecule has 2 aliphatic heterocycles. The maximum atomic E-state index is 13.3. The number of thiocarbonyl (C=S) groups is 1. The van der Waals surface area contributed by atoms with Crippen molar-refractivity contribution in [1.82, 2.24) is 4.90 Å². The van der Waals surface area contributed by atoms with Crippen molar-refractivity contribution in [3.05, 3.63) is 34.7 Å². The number of hydrogen-bond acceptors (Lipinski definition) is 4. The van der Waals surface area contributed by atoms with Crippen LogP contribution in [-0.2, 0) is 9.59 Å². The highest BCUT2D eigenvalue weighted by molar-refractivity contribution is 8.26. The van der Waals surface area contributed by atoms with Crippen LogP contribution in [0, 0.1) is 0 Å². The van der Waals surface area contributed by atoms with E-state index in [1.807, 2.05) is 29.2 Å². The van der Waals surface area contributed by atoms with Gasteiger partial charge in [-0.3, -0.25) is 14.5 Å². The van der Waals surface area contributed by atoms with Crippen LogP contribution >= 0.6 is 24.0 Å². The second-order valence-electron chi connectivity index (χ2n) is 7.27. The smallest absolute Gasteiger partial charge is 0.267 e. The van der Waals surface area contributed by atoms with Crippen molar-refractivity contribution >= 4 is 51.4 Å². The monoisotopic (exact) mass is 416 g/mol. The van der Waals surface area contributed by atoms with Crippen LogP contribution in [0.5, 0.6) is 0 Å². The lowest BCUT2D eigenvalue weighted by Gasteiger charge is -2.17. The fraction of sp³-hybridized carbons (Fsp3) is 0.500. The molecule has 3 rings (SSSR count). The van der Waals surface area contributed by atoms with E-state index in [4.69, 9.17) is 12.2 Å². The van der Waals surface area contributed by atoms with E-state index in [1.54, 1.807) is 4.90 Å². The summed E-state index contributed by atoms with van der Waals surface area (Å²) >= 11 is 6.70. The molecule has 0 unspecified atom stereocenters. The number of rotatable bonds is 9. The second kappa shape index (κ2) is 9.70. The first-order valence-corrected chi connectivity index (χ1v) is 11.5. The van der Waals surface area contributed by atoms with Gasteiger partial charge in [-0.05, 0) is 18.9 Å². The molecule has 1 fully saturated rings. The molecule has 0 radical (unpaired) electrons. The SMILES string of the molecule is CCCCCCCN1C(=O)/C(=C2\SC(=S)N(CCCC)C2=O)c2ccccc21. The van der Waals surface area contributed by atoms with Gasteiger partial charge >= 0.3 is 0 Å². The lowest BCUT2D eigenvalue weighted by atomic mass is 10.1. The highest BCUT2D eigenvalue weighted by atomic mass is 32.2. The summed E-state index contributed by atoms with van der Waals surface area (Å²) in [6.07, 6.45) is 7.63. The lowest BCUT2D eigenvalue weighted by Crippen LogP contribution is -2.30. The van der Waals surface area contributed by atoms with Crippen LogP contribution in [0.15, 0.2) is 29.2 Å². The topological polar surface area (TPSA) is 40.6 Å². The van der Waals surface area contributed by atoms with Gasteiger partial charge in [-0.1, -0.05) is 88.1 Å². The first-order chi connectivity index (χ1) is 13.6. The summed E-state index contributed by atoms with van der Waals surface area (Å²) in [5.74, 6) is -0.181. The predicted octanol–water partition coefficient (Wildman–Crippen LogP) is 5.38. The number of carbonyl (C=O) groups is 2. The summed E-state index contributed by atoms with van der Waals surface area (Å²) in [5, 5.41) is 0. The molecule has 1 saturated heterocycles. The van der Waals surface area contributed by atoms with Gasteiger partial charge in [-0.15, -0.1) is 0 Å². The molecule has 0 bridgehead atoms. The number of anilines is 1. The van der Waals surface area contributed by atoms with Crippen LogP contribution in [0.1, 0.15) is 64.4 Å². The average Bonchev–Trinajstić information content (AvgIpc) is 3.13. The fourth-order valence-electron chi connectivity index (χ4n) is 3.65. The number of hydrogen-bond donors (Lipinski definition) is 0. The molecular formula is C22H28N2O2S2. The van der Waals surface area contributed by atoms with Gasteiger partial charge in [0.1, 0.15) is 4.32 Å². The largest absolute Gasteiger partial charge is 0.308 e. The number of para-hydroxylation sites is 1. The van der Waals surface area contributed by atoms with E-state index in [-0.39, 0.29) is 11.8 Å². The van der Waals surface area contributed by atoms with E-state index < -0.39 is 0 Å². The maximum absolute atomic E-state index is 13.3. The van der Waals surface area contributed by atoms with Gasteiger partial charge in [0, 0.05) is 18.7 Å². The predicted molar refractivity (Wildman–Crippen MR) is 121 cm³/mol. The Labute approximate surface area is 177 Å². The number of thioether (sulfide) groups is 1. The third-order valence-electron chi connectivity index (χ3n) is 5.22. The average molecular weight is 417 g/mol. The first-order valence-electron chi connectivity index (χ1n) is 10.3. The first kappa shape index (κ1) is 21.1. The normalized spacial score (nSPS) is 19.1. The Morgan fingerprint density at radius 2 is 1.54 bits per heavy atom. The van der Waals surface area contributed by atoms with Gasteiger partial charge in [0.05, 0.1) is 16.2 Å². The molecular weight excluding hydrogens is 388 g/mol. The van der Waals surface area contributed by atoms with Gasteiger partial charge < -0.3 is 4.90 Å². The molecule has 0 aromatic heterocycles. The maximum Gasteiger partial charge on any atom is 0.267 e. The molecule has 2 heterocycles. The summed E-state index contributed by atoms with van der Waals surface area (Å²) < 4.78 is 0.559. The van der Waals surface area contributed by atoms with E-state index in [2.05, 4.69) is 13.8 Å². The molecule has 1 aromatic carbocycles. The lowest BCUT2D eigenvalue weighted by molar-refractivity contribution is -0.122. The third-order valence-corrected chi connectivity index (χ3v) is 6.67. The van der Waals surface area contributed by atoms with Crippen LogP contribution in [0.3, 0.4) is 0 Å². The number of carbonyl (C=O) groups excluding carboxylic acids is 2. The summed E-state index contributed by atoms with van der Waals surface area (Å²) in [4.78, 5) is 30.3. The van der Waals surface area contributed by atoms with Crippen molar-refractivity contribution in [1.29, 1.82) is 0 Å². The van der Waals surface area contributed by atoms with Crippen molar-refractivity contribution in [2.75, 3.05) is 18.0 Å². The van der Waals surface area contributed by atoms with E-state index in [9.17, 15) is 9.59 Å². The van der Waals surface area contributed by atoms with E-state index in [0.717, 1.165) is 36.9 Å². The van der Waals surface area contributed by atoms with Gasteiger partial charge in [0.25, 0.3) is 11.8 Å². The zero-order chi connectivity index (χ0) is 20.1. The van der Waals surface area contributed by atoms with Crippen LogP contribution in [0.25, 0.3) is 5.57 Å². The second-order valence-corrected chi connectivity index (χ2v) is 8.91. The third kappa shape index (κ3) is 4.18. The zero-order valence-corrected chi connectivity index (χ0v) is 18.3. The van der Waals surface area contributed by atoms with Crippen LogP contribution in [0.4, 0.5) is 5.69 Å². The molecule has 1 aromatic rings. The Kier molecular flexibility index (Phi) is 7.30. The Morgan fingerprint density at radius 1 is 0.857 bits per heavy atom. The van der Waals surface area contributed by atoms with E-state index in [0.29, 0.717) is 27.9 Å².